The normalized spacial score (nSPS) is 11.8. The molecule has 3 N–H and O–H groups in total. The van der Waals surface area contributed by atoms with Crippen molar-refractivity contribution in [1.82, 2.24) is 5.32 Å². The lowest BCUT2D eigenvalue weighted by atomic mass is 10.0. The number of nitrogens with two attached hydrogens (primary N) is 1. The summed E-state index contributed by atoms with van der Waals surface area (Å²) >= 11 is 2.21. The smallest absolute Gasteiger partial charge is 0.251 e. The number of primary amides is 1. The summed E-state index contributed by atoms with van der Waals surface area (Å²) in [6.07, 6.45) is 0.378. The second kappa shape index (κ2) is 7.59. The maximum Gasteiger partial charge on any atom is 0.251 e. The minimum Gasteiger partial charge on any atom is -0.368 e. The Bertz CT molecular complexity index is 723. The molecule has 0 aliphatic rings. The van der Waals surface area contributed by atoms with Crippen LogP contribution in [0.2, 0.25) is 0 Å². The highest BCUT2D eigenvalue weighted by molar-refractivity contribution is 14.1. The fraction of sp³-hybridized carbons (Fsp3) is 0.222. The third-order valence-corrected chi connectivity index (χ3v) is 4.13. The SMILES string of the molecule is Cc1cc(C)cc(C(=O)N[C@H](Cc2cccc(I)c2)C(N)=O)c1. The molecular formula is C18H19IN2O2. The molecule has 5 heteroatoms. The van der Waals surface area contributed by atoms with E-state index in [4.69, 9.17) is 5.73 Å². The summed E-state index contributed by atoms with van der Waals surface area (Å²) in [6.45, 7) is 3.86. The zero-order chi connectivity index (χ0) is 17.0. The Labute approximate surface area is 149 Å². The standard InChI is InChI=1S/C18H19IN2O2/c1-11-6-12(2)8-14(7-11)18(23)21-16(17(20)22)10-13-4-3-5-15(19)9-13/h3-9,16H,10H2,1-2H3,(H2,20,22)(H,21,23)/t16-/m1/s1. The second-order valence-corrected chi connectivity index (χ2v) is 6.88. The van der Waals surface area contributed by atoms with E-state index >= 15 is 0 Å². The monoisotopic (exact) mass is 422 g/mol. The van der Waals surface area contributed by atoms with Crippen LogP contribution in [0.3, 0.4) is 0 Å². The minimum absolute atomic E-state index is 0.286. The number of amides is 2. The number of hydrogen-bond acceptors (Lipinski definition) is 2. The van der Waals surface area contributed by atoms with Gasteiger partial charge in [-0.15, -0.1) is 0 Å². The Hall–Kier alpha value is -1.89. The summed E-state index contributed by atoms with van der Waals surface area (Å²) in [5.74, 6) is -0.826. The van der Waals surface area contributed by atoms with E-state index in [1.54, 1.807) is 12.1 Å². The van der Waals surface area contributed by atoms with Crippen molar-refractivity contribution < 1.29 is 9.59 Å². The fourth-order valence-corrected chi connectivity index (χ4v) is 3.08. The van der Waals surface area contributed by atoms with Crippen LogP contribution in [0, 0.1) is 17.4 Å². The maximum atomic E-state index is 12.4. The van der Waals surface area contributed by atoms with Gasteiger partial charge in [0.15, 0.2) is 0 Å². The third-order valence-electron chi connectivity index (χ3n) is 3.46. The van der Waals surface area contributed by atoms with Gasteiger partial charge in [0.05, 0.1) is 0 Å². The summed E-state index contributed by atoms with van der Waals surface area (Å²) in [5.41, 5.74) is 8.96. The molecule has 2 rings (SSSR count). The molecule has 0 saturated carbocycles. The Morgan fingerprint density at radius 1 is 1.13 bits per heavy atom. The number of carbonyl (C=O) groups is 2. The van der Waals surface area contributed by atoms with Crippen LogP contribution >= 0.6 is 22.6 Å². The van der Waals surface area contributed by atoms with Crippen molar-refractivity contribution in [3.63, 3.8) is 0 Å². The van der Waals surface area contributed by atoms with Crippen LogP contribution in [0.25, 0.3) is 0 Å². The van der Waals surface area contributed by atoms with Crippen molar-refractivity contribution in [1.29, 1.82) is 0 Å². The Balaban J connectivity index is 2.15. The van der Waals surface area contributed by atoms with Gasteiger partial charge >= 0.3 is 0 Å². The third kappa shape index (κ3) is 5.06. The number of nitrogens with one attached hydrogen (secondary N) is 1. The Kier molecular flexibility index (Phi) is 5.76. The highest BCUT2D eigenvalue weighted by atomic mass is 127. The minimum atomic E-state index is -0.735. The van der Waals surface area contributed by atoms with E-state index in [-0.39, 0.29) is 5.91 Å². The molecule has 0 aromatic heterocycles. The number of carbonyl (C=O) groups excluding carboxylic acids is 2. The molecule has 2 aromatic carbocycles. The van der Waals surface area contributed by atoms with Crippen molar-refractivity contribution in [2.45, 2.75) is 26.3 Å². The molecule has 2 aromatic rings. The molecule has 0 heterocycles. The van der Waals surface area contributed by atoms with Crippen LogP contribution in [0.4, 0.5) is 0 Å². The second-order valence-electron chi connectivity index (χ2n) is 5.64. The van der Waals surface area contributed by atoms with Gasteiger partial charge in [-0.1, -0.05) is 29.3 Å². The van der Waals surface area contributed by atoms with Crippen LogP contribution in [-0.4, -0.2) is 17.9 Å². The van der Waals surface area contributed by atoms with E-state index in [2.05, 4.69) is 27.9 Å². The quantitative estimate of drug-likeness (QED) is 0.728. The number of rotatable bonds is 5. The predicted molar refractivity (Wildman–Crippen MR) is 99.2 cm³/mol. The zero-order valence-corrected chi connectivity index (χ0v) is 15.3. The van der Waals surface area contributed by atoms with Gasteiger partial charge in [0, 0.05) is 15.6 Å². The van der Waals surface area contributed by atoms with Gasteiger partial charge in [0.2, 0.25) is 5.91 Å². The van der Waals surface area contributed by atoms with Crippen LogP contribution in [0.15, 0.2) is 42.5 Å². The molecule has 120 valence electrons. The van der Waals surface area contributed by atoms with Crippen LogP contribution in [0.1, 0.15) is 27.0 Å². The summed E-state index contributed by atoms with van der Waals surface area (Å²) in [6, 6.07) is 12.6. The summed E-state index contributed by atoms with van der Waals surface area (Å²) in [7, 11) is 0. The molecule has 23 heavy (non-hydrogen) atoms. The van der Waals surface area contributed by atoms with Gasteiger partial charge in [-0.25, -0.2) is 0 Å². The molecule has 1 atom stereocenters. The van der Waals surface area contributed by atoms with Gasteiger partial charge in [0.1, 0.15) is 6.04 Å². The number of aryl methyl sites for hydroxylation is 2. The lowest BCUT2D eigenvalue weighted by Gasteiger charge is -2.16. The molecule has 0 unspecified atom stereocenters. The lowest BCUT2D eigenvalue weighted by molar-refractivity contribution is -0.119. The first kappa shape index (κ1) is 17.5. The van der Waals surface area contributed by atoms with Crippen molar-refractivity contribution in [3.8, 4) is 0 Å². The van der Waals surface area contributed by atoms with E-state index in [0.29, 0.717) is 12.0 Å². The molecule has 0 radical (unpaired) electrons. The molecule has 0 fully saturated rings. The largest absolute Gasteiger partial charge is 0.368 e. The molecule has 4 nitrogen and oxygen atoms in total. The van der Waals surface area contributed by atoms with E-state index in [1.807, 2.05) is 44.2 Å². The van der Waals surface area contributed by atoms with Crippen LogP contribution < -0.4 is 11.1 Å². The number of hydrogen-bond donors (Lipinski definition) is 2. The number of benzene rings is 2. The Morgan fingerprint density at radius 3 is 2.35 bits per heavy atom. The van der Waals surface area contributed by atoms with Crippen molar-refractivity contribution in [2.75, 3.05) is 0 Å². The highest BCUT2D eigenvalue weighted by Gasteiger charge is 2.19. The van der Waals surface area contributed by atoms with Crippen LogP contribution in [-0.2, 0) is 11.2 Å². The molecule has 0 aliphatic heterocycles. The average Bonchev–Trinajstić information content (AvgIpc) is 2.45. The van der Waals surface area contributed by atoms with E-state index < -0.39 is 11.9 Å². The molecule has 0 bridgehead atoms. The van der Waals surface area contributed by atoms with E-state index in [0.717, 1.165) is 20.3 Å². The maximum absolute atomic E-state index is 12.4. The van der Waals surface area contributed by atoms with Gasteiger partial charge in [-0.05, 0) is 66.3 Å². The molecule has 0 saturated heterocycles. The summed E-state index contributed by atoms with van der Waals surface area (Å²) in [5, 5.41) is 2.74. The summed E-state index contributed by atoms with van der Waals surface area (Å²) < 4.78 is 1.07. The van der Waals surface area contributed by atoms with Crippen molar-refractivity contribution in [2.24, 2.45) is 5.73 Å². The average molecular weight is 422 g/mol. The highest BCUT2D eigenvalue weighted by Crippen LogP contribution is 2.12. The lowest BCUT2D eigenvalue weighted by Crippen LogP contribution is -2.45. The first-order valence-electron chi connectivity index (χ1n) is 7.28. The van der Waals surface area contributed by atoms with E-state index in [1.165, 1.54) is 0 Å². The molecule has 0 aliphatic carbocycles. The Morgan fingerprint density at radius 2 is 1.78 bits per heavy atom. The van der Waals surface area contributed by atoms with Crippen molar-refractivity contribution >= 4 is 34.4 Å². The summed E-state index contributed by atoms with van der Waals surface area (Å²) in [4.78, 5) is 24.1. The van der Waals surface area contributed by atoms with Crippen LogP contribution in [0.5, 0.6) is 0 Å². The van der Waals surface area contributed by atoms with Crippen molar-refractivity contribution in [3.05, 3.63) is 68.3 Å². The van der Waals surface area contributed by atoms with Gasteiger partial charge < -0.3 is 11.1 Å². The predicted octanol–water partition coefficient (Wildman–Crippen LogP) is 2.73. The fourth-order valence-electron chi connectivity index (χ4n) is 2.47. The molecule has 2 amide bonds. The first-order chi connectivity index (χ1) is 10.8. The van der Waals surface area contributed by atoms with E-state index in [9.17, 15) is 9.59 Å². The van der Waals surface area contributed by atoms with Gasteiger partial charge in [-0.3, -0.25) is 9.59 Å². The first-order valence-corrected chi connectivity index (χ1v) is 8.36. The molecule has 0 spiro atoms. The van der Waals surface area contributed by atoms with Gasteiger partial charge in [0.25, 0.3) is 5.91 Å². The van der Waals surface area contributed by atoms with Gasteiger partial charge in [-0.2, -0.15) is 0 Å². The zero-order valence-electron chi connectivity index (χ0n) is 13.1. The number of halogens is 1. The topological polar surface area (TPSA) is 72.2 Å². The molecular weight excluding hydrogens is 403 g/mol.